The Kier molecular flexibility index (Phi) is 4.19. The number of pyridine rings is 1. The van der Waals surface area contributed by atoms with Gasteiger partial charge in [0.05, 0.1) is 0 Å². The number of rotatable bonds is 2. The van der Waals surface area contributed by atoms with Gasteiger partial charge >= 0.3 is 0 Å². The highest BCUT2D eigenvalue weighted by atomic mass is 16.1. The average molecular weight is 360 g/mol. The zero-order valence-corrected chi connectivity index (χ0v) is 15.4. The van der Waals surface area contributed by atoms with Crippen molar-refractivity contribution in [1.29, 1.82) is 0 Å². The number of guanidine groups is 1. The van der Waals surface area contributed by atoms with E-state index in [1.165, 1.54) is 21.8 Å². The highest BCUT2D eigenvalue weighted by molar-refractivity contribution is 6.03. The molecule has 7 heteroatoms. The van der Waals surface area contributed by atoms with Crippen molar-refractivity contribution in [2.75, 3.05) is 10.6 Å². The van der Waals surface area contributed by atoms with Crippen LogP contribution in [-0.2, 0) is 0 Å². The van der Waals surface area contributed by atoms with Crippen molar-refractivity contribution >= 4 is 17.6 Å². The Hall–Kier alpha value is -3.48. The lowest BCUT2D eigenvalue weighted by Crippen LogP contribution is -2.37. The smallest absolute Gasteiger partial charge is 0.257 e. The topological polar surface area (TPSA) is 84.2 Å². The Morgan fingerprint density at radius 3 is 2.70 bits per heavy atom. The van der Waals surface area contributed by atoms with E-state index in [0.717, 1.165) is 11.3 Å². The summed E-state index contributed by atoms with van der Waals surface area (Å²) in [6.07, 6.45) is 2.87. The molecule has 0 bridgehead atoms. The first-order valence-corrected chi connectivity index (χ1v) is 8.70. The molecule has 0 saturated carbocycles. The lowest BCUT2D eigenvalue weighted by molar-refractivity contribution is 0.575. The Morgan fingerprint density at radius 2 is 1.96 bits per heavy atom. The SMILES string of the molecule is Cc1cc(=O)n2c(n1)NC(Nc1ccc(C)c(C)c1)=N[C@@H]2c1cccnc1. The molecule has 4 rings (SSSR count). The van der Waals surface area contributed by atoms with Gasteiger partial charge in [-0.1, -0.05) is 12.1 Å². The van der Waals surface area contributed by atoms with Crippen molar-refractivity contribution in [1.82, 2.24) is 14.5 Å². The molecule has 0 saturated heterocycles. The van der Waals surface area contributed by atoms with Gasteiger partial charge in [0, 0.05) is 35.4 Å². The normalized spacial score (nSPS) is 15.5. The number of hydrogen-bond acceptors (Lipinski definition) is 6. The first kappa shape index (κ1) is 17.0. The number of benzene rings is 1. The molecule has 0 amide bonds. The lowest BCUT2D eigenvalue weighted by Gasteiger charge is -2.27. The van der Waals surface area contributed by atoms with Crippen LogP contribution < -0.4 is 16.2 Å². The van der Waals surface area contributed by atoms with Gasteiger partial charge in [0.15, 0.2) is 6.17 Å². The zero-order chi connectivity index (χ0) is 19.0. The summed E-state index contributed by atoms with van der Waals surface area (Å²) in [5.41, 5.74) is 4.63. The molecule has 0 spiro atoms. The van der Waals surface area contributed by atoms with Gasteiger partial charge in [-0.25, -0.2) is 9.98 Å². The predicted octanol–water partition coefficient (Wildman–Crippen LogP) is 3.00. The fourth-order valence-corrected chi connectivity index (χ4v) is 3.02. The molecule has 2 N–H and O–H groups in total. The van der Waals surface area contributed by atoms with Gasteiger partial charge in [0.2, 0.25) is 11.9 Å². The molecular weight excluding hydrogens is 340 g/mol. The molecule has 1 aliphatic rings. The van der Waals surface area contributed by atoms with E-state index in [-0.39, 0.29) is 5.56 Å². The quantitative estimate of drug-likeness (QED) is 0.734. The van der Waals surface area contributed by atoms with Crippen LogP contribution in [0.15, 0.2) is 58.6 Å². The van der Waals surface area contributed by atoms with Crippen LogP contribution in [0.2, 0.25) is 0 Å². The number of aliphatic imine (C=N–C) groups is 1. The predicted molar refractivity (Wildman–Crippen MR) is 106 cm³/mol. The third kappa shape index (κ3) is 3.31. The number of fused-ring (bicyclic) bond motifs is 1. The minimum atomic E-state index is -0.537. The molecule has 27 heavy (non-hydrogen) atoms. The summed E-state index contributed by atoms with van der Waals surface area (Å²) in [5.74, 6) is 0.986. The van der Waals surface area contributed by atoms with E-state index in [1.54, 1.807) is 19.3 Å². The van der Waals surface area contributed by atoms with Crippen molar-refractivity contribution in [2.45, 2.75) is 26.9 Å². The largest absolute Gasteiger partial charge is 0.326 e. The molecular formula is C20H20N6O. The van der Waals surface area contributed by atoms with Crippen molar-refractivity contribution < 1.29 is 0 Å². The van der Waals surface area contributed by atoms with Crippen LogP contribution in [-0.4, -0.2) is 20.5 Å². The maximum absolute atomic E-state index is 12.6. The molecule has 1 aliphatic heterocycles. The summed E-state index contributed by atoms with van der Waals surface area (Å²) in [4.78, 5) is 25.9. The average Bonchev–Trinajstić information content (AvgIpc) is 2.64. The van der Waals surface area contributed by atoms with Gasteiger partial charge in [-0.15, -0.1) is 0 Å². The van der Waals surface area contributed by atoms with Crippen molar-refractivity contribution in [3.05, 3.63) is 81.5 Å². The third-order valence-corrected chi connectivity index (χ3v) is 4.56. The number of aromatic nitrogens is 3. The first-order valence-electron chi connectivity index (χ1n) is 8.70. The highest BCUT2D eigenvalue weighted by Gasteiger charge is 2.25. The molecule has 2 aromatic heterocycles. The van der Waals surface area contributed by atoms with Crippen LogP contribution >= 0.6 is 0 Å². The monoisotopic (exact) mass is 360 g/mol. The molecule has 0 aliphatic carbocycles. The fourth-order valence-electron chi connectivity index (χ4n) is 3.02. The molecule has 0 unspecified atom stereocenters. The van der Waals surface area contributed by atoms with E-state index in [0.29, 0.717) is 17.6 Å². The molecule has 136 valence electrons. The second-order valence-electron chi connectivity index (χ2n) is 6.62. The van der Waals surface area contributed by atoms with E-state index in [4.69, 9.17) is 4.99 Å². The highest BCUT2D eigenvalue weighted by Crippen LogP contribution is 2.25. The van der Waals surface area contributed by atoms with Gasteiger partial charge in [0.1, 0.15) is 0 Å². The van der Waals surface area contributed by atoms with Gasteiger partial charge < -0.3 is 5.32 Å². The van der Waals surface area contributed by atoms with Crippen LogP contribution in [0.1, 0.15) is 28.6 Å². The standard InChI is InChI=1S/C20H20N6O/c1-12-6-7-16(9-13(12)2)23-19-24-18(15-5-4-8-21-11-15)26-17(27)10-14(3)22-20(26)25-19/h4-11,18H,1-3H3,(H2,22,23,24,25)/t18-/m0/s1. The molecule has 3 heterocycles. The molecule has 1 atom stereocenters. The number of nitrogens with zero attached hydrogens (tertiary/aromatic N) is 4. The Bertz CT molecular complexity index is 1090. The summed E-state index contributed by atoms with van der Waals surface area (Å²) in [6, 6.07) is 11.3. The summed E-state index contributed by atoms with van der Waals surface area (Å²) in [6.45, 7) is 5.93. The van der Waals surface area contributed by atoms with Crippen molar-refractivity contribution in [3.8, 4) is 0 Å². The van der Waals surface area contributed by atoms with Gasteiger partial charge in [-0.3, -0.25) is 19.7 Å². The second kappa shape index (κ2) is 6.68. The Labute approximate surface area is 156 Å². The van der Waals surface area contributed by atoms with E-state index in [1.807, 2.05) is 18.2 Å². The van der Waals surface area contributed by atoms with Crippen molar-refractivity contribution in [3.63, 3.8) is 0 Å². The molecule has 1 aromatic carbocycles. The maximum Gasteiger partial charge on any atom is 0.257 e. The summed E-state index contributed by atoms with van der Waals surface area (Å²) >= 11 is 0. The Morgan fingerprint density at radius 1 is 1.11 bits per heavy atom. The Balaban J connectivity index is 1.78. The first-order chi connectivity index (χ1) is 13.0. The van der Waals surface area contributed by atoms with E-state index >= 15 is 0 Å². The summed E-state index contributed by atoms with van der Waals surface area (Å²) in [7, 11) is 0. The minimum absolute atomic E-state index is 0.159. The number of aryl methyl sites for hydroxylation is 3. The van der Waals surface area contributed by atoms with Gasteiger partial charge in [-0.2, -0.15) is 0 Å². The lowest BCUT2D eigenvalue weighted by atomic mass is 10.1. The van der Waals surface area contributed by atoms with Crippen molar-refractivity contribution in [2.24, 2.45) is 4.99 Å². The molecule has 0 radical (unpaired) electrons. The van der Waals surface area contributed by atoms with E-state index < -0.39 is 6.17 Å². The minimum Gasteiger partial charge on any atom is -0.326 e. The maximum atomic E-state index is 12.6. The van der Waals surface area contributed by atoms with Gasteiger partial charge in [-0.05, 0) is 50.1 Å². The number of nitrogens with one attached hydrogen (secondary N) is 2. The van der Waals surface area contributed by atoms with Crippen LogP contribution in [0.3, 0.4) is 0 Å². The molecule has 0 fully saturated rings. The summed E-state index contributed by atoms with van der Waals surface area (Å²) in [5, 5.41) is 6.42. The van der Waals surface area contributed by atoms with Crippen LogP contribution in [0, 0.1) is 20.8 Å². The summed E-state index contributed by atoms with van der Waals surface area (Å²) < 4.78 is 1.54. The number of hydrogen-bond donors (Lipinski definition) is 2. The number of anilines is 2. The second-order valence-corrected chi connectivity index (χ2v) is 6.62. The van der Waals surface area contributed by atoms with Crippen LogP contribution in [0.4, 0.5) is 11.6 Å². The fraction of sp³-hybridized carbons (Fsp3) is 0.200. The third-order valence-electron chi connectivity index (χ3n) is 4.56. The molecule has 7 nitrogen and oxygen atoms in total. The zero-order valence-electron chi connectivity index (χ0n) is 15.4. The van der Waals surface area contributed by atoms with Crippen LogP contribution in [0.5, 0.6) is 0 Å². The van der Waals surface area contributed by atoms with E-state index in [9.17, 15) is 4.79 Å². The molecule has 3 aromatic rings. The van der Waals surface area contributed by atoms with E-state index in [2.05, 4.69) is 46.6 Å². The van der Waals surface area contributed by atoms with Gasteiger partial charge in [0.25, 0.3) is 5.56 Å². The van der Waals surface area contributed by atoms with Crippen LogP contribution in [0.25, 0.3) is 0 Å².